The number of ether oxygens (including phenoxy) is 3. The van der Waals surface area contributed by atoms with E-state index in [2.05, 4.69) is 106 Å². The summed E-state index contributed by atoms with van der Waals surface area (Å²) in [7, 11) is 0. The Kier molecular flexibility index (Phi) is 52.4. The van der Waals surface area contributed by atoms with Crippen molar-refractivity contribution in [2.24, 2.45) is 0 Å². The van der Waals surface area contributed by atoms with Crippen LogP contribution >= 0.6 is 0 Å². The summed E-state index contributed by atoms with van der Waals surface area (Å²) in [6.07, 6.45) is 71.3. The smallest absolute Gasteiger partial charge is 0.306 e. The lowest BCUT2D eigenvalue weighted by Crippen LogP contribution is -2.30. The average Bonchev–Trinajstić information content (AvgIpc) is 3.33. The molecule has 0 fully saturated rings. The van der Waals surface area contributed by atoms with Crippen LogP contribution in [0.1, 0.15) is 265 Å². The van der Waals surface area contributed by atoms with Gasteiger partial charge in [0.15, 0.2) is 6.10 Å². The molecule has 0 radical (unpaired) electrons. The van der Waals surface area contributed by atoms with Crippen molar-refractivity contribution in [2.75, 3.05) is 13.2 Å². The van der Waals surface area contributed by atoms with Crippen molar-refractivity contribution < 1.29 is 28.6 Å². The third-order valence-corrected chi connectivity index (χ3v) is 11.9. The van der Waals surface area contributed by atoms with Gasteiger partial charge in [0, 0.05) is 19.3 Å². The minimum atomic E-state index is -0.797. The molecule has 0 aromatic heterocycles. The molecule has 384 valence electrons. The maximum atomic E-state index is 12.8. The third-order valence-electron chi connectivity index (χ3n) is 11.9. The summed E-state index contributed by atoms with van der Waals surface area (Å²) < 4.78 is 16.8. The Hall–Kier alpha value is -3.41. The third kappa shape index (κ3) is 53.4. The van der Waals surface area contributed by atoms with Gasteiger partial charge in [0.2, 0.25) is 0 Å². The van der Waals surface area contributed by atoms with Crippen LogP contribution in [-0.4, -0.2) is 37.2 Å². The van der Waals surface area contributed by atoms with Gasteiger partial charge in [-0.2, -0.15) is 0 Å². The molecule has 6 heteroatoms. The van der Waals surface area contributed by atoms with Crippen molar-refractivity contribution >= 4 is 17.9 Å². The van der Waals surface area contributed by atoms with E-state index in [4.69, 9.17) is 14.2 Å². The summed E-state index contributed by atoms with van der Waals surface area (Å²) in [5.74, 6) is -0.929. The van der Waals surface area contributed by atoms with E-state index in [0.29, 0.717) is 19.3 Å². The van der Waals surface area contributed by atoms with Gasteiger partial charge in [0.25, 0.3) is 0 Å². The van der Waals surface area contributed by atoms with Crippen LogP contribution in [0.5, 0.6) is 0 Å². The highest BCUT2D eigenvalue weighted by molar-refractivity contribution is 5.71. The van der Waals surface area contributed by atoms with Crippen LogP contribution in [0.15, 0.2) is 85.1 Å². The zero-order valence-electron chi connectivity index (χ0n) is 43.9. The Labute approximate surface area is 414 Å². The predicted octanol–water partition coefficient (Wildman–Crippen LogP) is 18.8. The quantitative estimate of drug-likeness (QED) is 0.0262. The van der Waals surface area contributed by atoms with Crippen LogP contribution in [0.25, 0.3) is 0 Å². The maximum absolute atomic E-state index is 12.8. The number of allylic oxidation sites excluding steroid dienone is 14. The fourth-order valence-electron chi connectivity index (χ4n) is 7.63. The minimum absolute atomic E-state index is 0.0934. The van der Waals surface area contributed by atoms with Crippen LogP contribution in [0.2, 0.25) is 0 Å². The summed E-state index contributed by atoms with van der Waals surface area (Å²) in [6.45, 7) is 6.47. The molecule has 0 saturated carbocycles. The lowest BCUT2D eigenvalue weighted by molar-refractivity contribution is -0.167. The fourth-order valence-corrected chi connectivity index (χ4v) is 7.63. The van der Waals surface area contributed by atoms with Gasteiger partial charge in [0.1, 0.15) is 13.2 Å². The van der Waals surface area contributed by atoms with E-state index in [1.54, 1.807) is 0 Å². The molecule has 0 N–H and O–H groups in total. The van der Waals surface area contributed by atoms with Crippen molar-refractivity contribution in [3.05, 3.63) is 85.1 Å². The number of esters is 3. The summed E-state index contributed by atoms with van der Waals surface area (Å²) >= 11 is 0. The zero-order valence-corrected chi connectivity index (χ0v) is 43.9. The maximum Gasteiger partial charge on any atom is 0.306 e. The van der Waals surface area contributed by atoms with Gasteiger partial charge in [0.05, 0.1) is 0 Å². The molecule has 0 bridgehead atoms. The summed E-state index contributed by atoms with van der Waals surface area (Å²) in [5, 5.41) is 0. The first kappa shape index (κ1) is 63.6. The molecule has 0 amide bonds. The van der Waals surface area contributed by atoms with Crippen LogP contribution in [0.3, 0.4) is 0 Å². The first-order valence-corrected chi connectivity index (χ1v) is 28.1. The standard InChI is InChI=1S/C61H104O6/c1-4-7-10-13-16-19-22-25-28-30-33-36-39-42-45-48-51-54-60(63)66-57-58(56-65-59(62)53-50-47-44-41-38-35-32-27-24-21-18-15-12-9-6-3)67-61(64)55-52-49-46-43-40-37-34-31-29-26-23-20-17-14-11-8-5-2/h8,11,16-17,19-20,25-29,32,34,37,58H,4-7,9-10,12-15,18,21-24,30-31,33,35-36,38-57H2,1-3H3/b11-8-,19-16-,20-17-,28-25-,29-26-,32-27-,37-34-/t58-/m0/s1. The SMILES string of the molecule is CC/C=C\C/C=C\C/C=C\C/C=C\CCCCCCC(=O)O[C@@H](COC(=O)CCCCCCC/C=C\CCCCCCCC)COC(=O)CCCCCCCCC/C=C\C/C=C\CCCCC. The van der Waals surface area contributed by atoms with Gasteiger partial charge < -0.3 is 14.2 Å². The normalized spacial score (nSPS) is 12.7. The Morgan fingerprint density at radius 3 is 0.955 bits per heavy atom. The lowest BCUT2D eigenvalue weighted by Gasteiger charge is -2.18. The molecule has 0 aliphatic carbocycles. The molecule has 0 rings (SSSR count). The zero-order chi connectivity index (χ0) is 48.6. The molecule has 1 atom stereocenters. The van der Waals surface area contributed by atoms with E-state index in [-0.39, 0.29) is 31.1 Å². The van der Waals surface area contributed by atoms with Crippen LogP contribution in [0.4, 0.5) is 0 Å². The minimum Gasteiger partial charge on any atom is -0.462 e. The number of hydrogen-bond donors (Lipinski definition) is 0. The molecule has 0 saturated heterocycles. The molecule has 0 aliphatic rings. The molecule has 0 aromatic rings. The number of hydrogen-bond acceptors (Lipinski definition) is 6. The van der Waals surface area contributed by atoms with E-state index in [1.165, 1.54) is 109 Å². The Balaban J connectivity index is 4.46. The molecular weight excluding hydrogens is 829 g/mol. The highest BCUT2D eigenvalue weighted by Crippen LogP contribution is 2.14. The average molecular weight is 933 g/mol. The Bertz CT molecular complexity index is 1300. The van der Waals surface area contributed by atoms with Crippen LogP contribution < -0.4 is 0 Å². The second kappa shape index (κ2) is 55.2. The van der Waals surface area contributed by atoms with Gasteiger partial charge in [-0.15, -0.1) is 0 Å². The van der Waals surface area contributed by atoms with Crippen molar-refractivity contribution in [1.29, 1.82) is 0 Å². The molecule has 0 heterocycles. The monoisotopic (exact) mass is 933 g/mol. The topological polar surface area (TPSA) is 78.9 Å². The highest BCUT2D eigenvalue weighted by Gasteiger charge is 2.19. The summed E-state index contributed by atoms with van der Waals surface area (Å²) in [5.41, 5.74) is 0. The van der Waals surface area contributed by atoms with Crippen molar-refractivity contribution in [2.45, 2.75) is 271 Å². The molecule has 0 unspecified atom stereocenters. The number of unbranched alkanes of at least 4 members (excludes halogenated alkanes) is 25. The van der Waals surface area contributed by atoms with Crippen molar-refractivity contribution in [3.8, 4) is 0 Å². The predicted molar refractivity (Wildman–Crippen MR) is 288 cm³/mol. The molecule has 0 aliphatic heterocycles. The number of rotatable bonds is 50. The highest BCUT2D eigenvalue weighted by atomic mass is 16.6. The van der Waals surface area contributed by atoms with E-state index < -0.39 is 6.10 Å². The van der Waals surface area contributed by atoms with Gasteiger partial charge in [-0.3, -0.25) is 14.4 Å². The van der Waals surface area contributed by atoms with Gasteiger partial charge >= 0.3 is 17.9 Å². The van der Waals surface area contributed by atoms with Gasteiger partial charge in [-0.25, -0.2) is 0 Å². The molecule has 6 nitrogen and oxygen atoms in total. The number of carbonyl (C=O) groups is 3. The Morgan fingerprint density at radius 2 is 0.582 bits per heavy atom. The first-order valence-electron chi connectivity index (χ1n) is 28.1. The van der Waals surface area contributed by atoms with Crippen LogP contribution in [-0.2, 0) is 28.6 Å². The number of carbonyl (C=O) groups excluding carboxylic acids is 3. The van der Waals surface area contributed by atoms with Gasteiger partial charge in [-0.05, 0) is 116 Å². The molecular formula is C61H104O6. The molecule has 0 spiro atoms. The lowest BCUT2D eigenvalue weighted by atomic mass is 10.1. The fraction of sp³-hybridized carbons (Fsp3) is 0.721. The second-order valence-corrected chi connectivity index (χ2v) is 18.5. The van der Waals surface area contributed by atoms with E-state index in [0.717, 1.165) is 116 Å². The van der Waals surface area contributed by atoms with Crippen molar-refractivity contribution in [1.82, 2.24) is 0 Å². The summed E-state index contributed by atoms with van der Waals surface area (Å²) in [4.78, 5) is 38.1. The first-order chi connectivity index (χ1) is 33.0. The van der Waals surface area contributed by atoms with E-state index in [1.807, 2.05) is 0 Å². The molecule has 0 aromatic carbocycles. The largest absolute Gasteiger partial charge is 0.462 e. The molecule has 67 heavy (non-hydrogen) atoms. The summed E-state index contributed by atoms with van der Waals surface area (Å²) in [6, 6.07) is 0. The van der Waals surface area contributed by atoms with Crippen LogP contribution in [0, 0.1) is 0 Å². The van der Waals surface area contributed by atoms with E-state index >= 15 is 0 Å². The van der Waals surface area contributed by atoms with Gasteiger partial charge in [-0.1, -0.05) is 215 Å². The van der Waals surface area contributed by atoms with Crippen molar-refractivity contribution in [3.63, 3.8) is 0 Å². The second-order valence-electron chi connectivity index (χ2n) is 18.5. The van der Waals surface area contributed by atoms with E-state index in [9.17, 15) is 14.4 Å². The Morgan fingerprint density at radius 1 is 0.313 bits per heavy atom.